The van der Waals surface area contributed by atoms with E-state index in [4.69, 9.17) is 4.74 Å². The number of anilines is 4. The average Bonchev–Trinajstić information content (AvgIpc) is 0.770. The molecule has 24 nitrogen and oxygen atoms in total. The van der Waals surface area contributed by atoms with Crippen molar-refractivity contribution in [3.05, 3.63) is 293 Å². The number of amides is 1. The number of hydrogen-bond acceptors (Lipinski definition) is 19. The summed E-state index contributed by atoms with van der Waals surface area (Å²) in [5, 5.41) is 14.9. The van der Waals surface area contributed by atoms with Gasteiger partial charge >= 0.3 is 0 Å². The van der Waals surface area contributed by atoms with Gasteiger partial charge in [0.15, 0.2) is 0 Å². The second kappa shape index (κ2) is 42.3. The topological polar surface area (TPSA) is 286 Å². The molecule has 4 N–H and O–H groups in total. The van der Waals surface area contributed by atoms with Gasteiger partial charge in [-0.1, -0.05) is 97.1 Å². The number of hydrogen-bond donors (Lipinski definition) is 4. The molecule has 0 unspecified atom stereocenters. The Morgan fingerprint density at radius 2 is 0.810 bits per heavy atom. The number of allylic oxidation sites excluding steroid dienone is 2. The van der Waals surface area contributed by atoms with E-state index < -0.39 is 105 Å². The summed E-state index contributed by atoms with van der Waals surface area (Å²) < 4.78 is 188. The molecule has 8 aromatic heterocycles. The molecule has 5 aromatic carbocycles. The summed E-state index contributed by atoms with van der Waals surface area (Å²) in [6.07, 6.45) is -1.71. The van der Waals surface area contributed by atoms with Gasteiger partial charge in [0.1, 0.15) is 98.2 Å². The normalized spacial score (nSPS) is 15.9. The monoisotopic (exact) mass is 1920 g/mol. The average molecular weight is 1920 g/mol. The first-order valence-electron chi connectivity index (χ1n) is 44.4. The van der Waals surface area contributed by atoms with Crippen LogP contribution in [0.1, 0.15) is 237 Å². The van der Waals surface area contributed by atoms with E-state index in [0.717, 1.165) is 78.0 Å². The number of rotatable bonds is 22. The van der Waals surface area contributed by atoms with Gasteiger partial charge in [0.25, 0.3) is 47.9 Å². The first kappa shape index (κ1) is 101. The van der Waals surface area contributed by atoms with Crippen molar-refractivity contribution in [2.45, 2.75) is 176 Å². The van der Waals surface area contributed by atoms with Crippen LogP contribution in [0, 0.1) is 57.9 Å². The molecule has 37 heteroatoms. The number of methoxy groups -OCH3 is 1. The fraction of sp³-hybridized carbons (Fsp3) is 0.360. The highest BCUT2D eigenvalue weighted by atomic mass is 32.2. The van der Waals surface area contributed by atoms with Gasteiger partial charge in [0.05, 0.1) is 75.1 Å². The minimum Gasteiger partial charge on any atom is -0.496 e. The van der Waals surface area contributed by atoms with Crippen molar-refractivity contribution in [2.75, 3.05) is 53.0 Å². The number of aryl methyl sites for hydroxylation is 9. The SMILES string of the molecule is C=S1(=O)CCC(c2cc3c(N[C@H](C)c4cccc(C(F)F)c4F)nc(C)nc3n(C)c2=O)CC1.CC(=O)N1CC=C(c2cc3c(N[C@H](C)c4cccc(C(F)F)c4F)nc(C)nc3n(C)c2=O)CC1.COc1ccc(Cc2cc3c(N[C@H](C)c4cccc(C(F)F)c4F)nc(C)nc3n(C)c2=O)cc1C.Cc1nc(N[C@H](C)c2cccc(C(F)F)c2F)c2cc(C3=CCCCC3)c(=O)n(C)c2n1. The zero-order chi connectivity index (χ0) is 99.4. The van der Waals surface area contributed by atoms with Gasteiger partial charge < -0.3 is 30.9 Å². The third kappa shape index (κ3) is 22.1. The smallest absolute Gasteiger partial charge is 0.266 e. The maximum atomic E-state index is 14.8. The quantitative estimate of drug-likeness (QED) is 0.0362. The molecular formula is C100H105F12N17O7S. The van der Waals surface area contributed by atoms with E-state index in [2.05, 4.69) is 73.1 Å². The summed E-state index contributed by atoms with van der Waals surface area (Å²) in [5.41, 5.74) is 4.65. The van der Waals surface area contributed by atoms with E-state index >= 15 is 0 Å². The van der Waals surface area contributed by atoms with Crippen LogP contribution in [-0.2, 0) is 48.9 Å². The number of ether oxygens (including phenoxy) is 1. The molecule has 4 atom stereocenters. The summed E-state index contributed by atoms with van der Waals surface area (Å²) in [4.78, 5) is 101. The van der Waals surface area contributed by atoms with Gasteiger partial charge in [-0.05, 0) is 181 Å². The van der Waals surface area contributed by atoms with E-state index in [-0.39, 0.29) is 56.3 Å². The number of carbonyl (C=O) groups is 1. The first-order chi connectivity index (χ1) is 64.9. The zero-order valence-corrected chi connectivity index (χ0v) is 78.9. The lowest BCUT2D eigenvalue weighted by atomic mass is 9.93. The number of carbonyl (C=O) groups excluding carboxylic acids is 1. The lowest BCUT2D eigenvalue weighted by Gasteiger charge is -2.25. The minimum absolute atomic E-state index is 0.0285. The molecule has 1 fully saturated rings. The minimum atomic E-state index is -2.93. The van der Waals surface area contributed by atoms with Crippen molar-refractivity contribution in [2.24, 2.45) is 28.2 Å². The molecule has 0 spiro atoms. The van der Waals surface area contributed by atoms with Gasteiger partial charge in [0, 0.05) is 111 Å². The molecule has 0 saturated carbocycles. The Morgan fingerprint density at radius 3 is 1.15 bits per heavy atom. The molecule has 137 heavy (non-hydrogen) atoms. The zero-order valence-electron chi connectivity index (χ0n) is 78.1. The largest absolute Gasteiger partial charge is 0.496 e. The molecule has 10 heterocycles. The van der Waals surface area contributed by atoms with Crippen molar-refractivity contribution >= 4 is 99.9 Å². The fourth-order valence-corrected chi connectivity index (χ4v) is 19.0. The molecule has 1 aliphatic carbocycles. The van der Waals surface area contributed by atoms with Crippen LogP contribution in [0.25, 0.3) is 55.3 Å². The van der Waals surface area contributed by atoms with Crippen LogP contribution in [0.2, 0.25) is 0 Å². The summed E-state index contributed by atoms with van der Waals surface area (Å²) >= 11 is 0. The van der Waals surface area contributed by atoms with Crippen LogP contribution in [0.3, 0.4) is 0 Å². The van der Waals surface area contributed by atoms with E-state index in [0.29, 0.717) is 163 Å². The number of aromatic nitrogens is 12. The number of pyridine rings is 4. The van der Waals surface area contributed by atoms with Crippen LogP contribution in [0.4, 0.5) is 76.0 Å². The highest BCUT2D eigenvalue weighted by Crippen LogP contribution is 2.40. The predicted octanol–water partition coefficient (Wildman–Crippen LogP) is 20.6. The number of fused-ring (bicyclic) bond motifs is 4. The van der Waals surface area contributed by atoms with Crippen molar-refractivity contribution in [3.8, 4) is 5.75 Å². The van der Waals surface area contributed by atoms with Crippen LogP contribution in [0.15, 0.2) is 147 Å². The molecule has 1 amide bonds. The summed E-state index contributed by atoms with van der Waals surface area (Å²) in [5.74, 6) is 4.78. The summed E-state index contributed by atoms with van der Waals surface area (Å²) in [6, 6.07) is 25.8. The second-order valence-corrected chi connectivity index (χ2v) is 37.2. The standard InChI is InChI=1S/C27H27F3N4O2.C25H26F3N5O2.C24H27F3N4O2S.C24H25F3N4O/c1-14-11-17(9-10-22(14)36-5)12-18-13-21-25(32-16(3)33-26(21)34(4)27(18)35)31-15(2)19-7-6-8-20(23(19)28)24(29)30;1-13(17-6-5-7-18(21(17)26)22(27)28)29-23-20-12-19(16-8-10-33(11-9-16)15(3)34)25(35)32(4)24(20)31-14(2)30-23;1-13(16-6-5-7-17(20(16)25)21(26)27)28-22-19-12-18(15-8-10-34(4,33)11-9-15)24(32)31(3)23(19)30-14(2)29-22;1-13(16-10-7-11-17(20(16)25)21(26)27)28-22-19-12-18(15-8-5-4-6-9-15)24(32)31(3)23(19)30-14(2)29-22/h6-11,13,15,24H,12H2,1-5H3,(H,31,32,33);5-8,12-13,22H,9-11H2,1-4H3,(H,29,30,31);5-7,12-13,15,21H,4,8-11H2,1-3H3,(H,28,29,30);7-8,10-13,21H,4-6,9H2,1-3H3,(H,28,29,30)/t15-;13-;13-,15?,34?;13-/m1111/s1. The number of benzene rings is 5. The third-order valence-corrected chi connectivity index (χ3v) is 26.8. The Kier molecular flexibility index (Phi) is 31.2. The van der Waals surface area contributed by atoms with Crippen molar-refractivity contribution < 1.29 is 66.4 Å². The van der Waals surface area contributed by atoms with Crippen molar-refractivity contribution in [1.29, 1.82) is 0 Å². The number of halogens is 12. The summed E-state index contributed by atoms with van der Waals surface area (Å²) in [6.45, 7) is 17.8. The number of nitrogens with one attached hydrogen (secondary N) is 4. The van der Waals surface area contributed by atoms with Gasteiger partial charge in [-0.3, -0.25) is 46.4 Å². The van der Waals surface area contributed by atoms with Crippen LogP contribution >= 0.6 is 0 Å². The van der Waals surface area contributed by atoms with Crippen LogP contribution < -0.4 is 48.2 Å². The summed E-state index contributed by atoms with van der Waals surface area (Å²) in [7, 11) is 6.06. The van der Waals surface area contributed by atoms with Crippen LogP contribution in [-0.4, -0.2) is 111 Å². The number of nitrogens with zero attached hydrogens (tertiary/aromatic N) is 13. The fourth-order valence-electron chi connectivity index (χ4n) is 17.4. The highest BCUT2D eigenvalue weighted by molar-refractivity contribution is 8.00. The maximum Gasteiger partial charge on any atom is 0.266 e. The van der Waals surface area contributed by atoms with Gasteiger partial charge in [-0.2, -0.15) is 0 Å². The molecular weight excluding hydrogens is 1810 g/mol. The molecule has 16 rings (SSSR count). The molecule has 0 radical (unpaired) electrons. The molecule has 722 valence electrons. The molecule has 2 aliphatic heterocycles. The maximum absolute atomic E-state index is 14.8. The highest BCUT2D eigenvalue weighted by Gasteiger charge is 2.31. The van der Waals surface area contributed by atoms with E-state index in [1.165, 1.54) is 73.7 Å². The van der Waals surface area contributed by atoms with E-state index in [1.54, 1.807) is 120 Å². The predicted molar refractivity (Wildman–Crippen MR) is 510 cm³/mol. The Hall–Kier alpha value is -13.6. The molecule has 0 bridgehead atoms. The van der Waals surface area contributed by atoms with Crippen molar-refractivity contribution in [1.82, 2.24) is 63.0 Å². The van der Waals surface area contributed by atoms with E-state index in [9.17, 15) is 80.9 Å². The second-order valence-electron chi connectivity index (χ2n) is 34.5. The van der Waals surface area contributed by atoms with Gasteiger partial charge in [-0.25, -0.2) is 92.6 Å². The Balaban J connectivity index is 0.000000154. The first-order valence-corrected chi connectivity index (χ1v) is 46.5. The molecule has 13 aromatic rings. The van der Waals surface area contributed by atoms with E-state index in [1.807, 2.05) is 31.2 Å². The van der Waals surface area contributed by atoms with Crippen molar-refractivity contribution in [3.63, 3.8) is 0 Å². The lowest BCUT2D eigenvalue weighted by molar-refractivity contribution is -0.128. The number of alkyl halides is 8. The molecule has 1 saturated heterocycles. The Morgan fingerprint density at radius 1 is 0.460 bits per heavy atom. The van der Waals surface area contributed by atoms with Gasteiger partial charge in [0.2, 0.25) is 5.91 Å². The third-order valence-electron chi connectivity index (χ3n) is 24.9. The Labute approximate surface area is 781 Å². The molecule has 3 aliphatic rings. The van der Waals surface area contributed by atoms with Gasteiger partial charge in [-0.15, -0.1) is 0 Å². The lowest BCUT2D eigenvalue weighted by Crippen LogP contribution is -2.33. The Bertz CT molecular complexity index is 7280. The van der Waals surface area contributed by atoms with Crippen LogP contribution in [0.5, 0.6) is 5.75 Å².